The lowest BCUT2D eigenvalue weighted by molar-refractivity contribution is 0.157. The Morgan fingerprint density at radius 2 is 1.96 bits per heavy atom. The molecule has 0 aliphatic carbocycles. The molecule has 134 valence electrons. The van der Waals surface area contributed by atoms with Crippen LogP contribution in [-0.4, -0.2) is 75.3 Å². The summed E-state index contributed by atoms with van der Waals surface area (Å²) in [4.78, 5) is 9.89. The summed E-state index contributed by atoms with van der Waals surface area (Å²) in [6.45, 7) is 10.8. The van der Waals surface area contributed by atoms with E-state index in [9.17, 15) is 0 Å². The Kier molecular flexibility index (Phi) is 8.76. The average molecular weight is 325 g/mol. The smallest absolute Gasteiger partial charge is 0.193 e. The molecule has 0 aromatic heterocycles. The maximum atomic E-state index is 5.30. The van der Waals surface area contributed by atoms with Crippen molar-refractivity contribution in [2.24, 2.45) is 10.9 Å². The topological polar surface area (TPSA) is 40.1 Å². The van der Waals surface area contributed by atoms with E-state index in [-0.39, 0.29) is 0 Å². The van der Waals surface area contributed by atoms with E-state index in [1.54, 1.807) is 7.11 Å². The SMILES string of the molecule is CCNC(=NCCCN1CCCCCC1)N1CCC(COC)C1. The van der Waals surface area contributed by atoms with Crippen molar-refractivity contribution in [3.63, 3.8) is 0 Å². The Morgan fingerprint density at radius 3 is 2.65 bits per heavy atom. The number of hydrogen-bond donors (Lipinski definition) is 1. The summed E-state index contributed by atoms with van der Waals surface area (Å²) in [5.41, 5.74) is 0. The van der Waals surface area contributed by atoms with Gasteiger partial charge in [0.05, 0.1) is 6.61 Å². The van der Waals surface area contributed by atoms with Gasteiger partial charge in [-0.3, -0.25) is 4.99 Å². The van der Waals surface area contributed by atoms with Crippen molar-refractivity contribution in [2.45, 2.75) is 45.4 Å². The third kappa shape index (κ3) is 6.68. The van der Waals surface area contributed by atoms with Crippen LogP contribution in [0.15, 0.2) is 4.99 Å². The molecule has 2 aliphatic heterocycles. The maximum Gasteiger partial charge on any atom is 0.193 e. The molecule has 2 rings (SSSR count). The van der Waals surface area contributed by atoms with Crippen LogP contribution in [0.5, 0.6) is 0 Å². The quantitative estimate of drug-likeness (QED) is 0.443. The van der Waals surface area contributed by atoms with E-state index >= 15 is 0 Å². The van der Waals surface area contributed by atoms with E-state index in [1.165, 1.54) is 58.2 Å². The molecule has 2 aliphatic rings. The average Bonchev–Trinajstić information content (AvgIpc) is 2.86. The van der Waals surface area contributed by atoms with Crippen LogP contribution >= 0.6 is 0 Å². The lowest BCUT2D eigenvalue weighted by Crippen LogP contribution is -2.40. The van der Waals surface area contributed by atoms with Crippen LogP contribution in [0.1, 0.15) is 45.4 Å². The fraction of sp³-hybridized carbons (Fsp3) is 0.944. The second-order valence-electron chi connectivity index (χ2n) is 6.90. The van der Waals surface area contributed by atoms with E-state index in [0.717, 1.165) is 38.7 Å². The van der Waals surface area contributed by atoms with Crippen LogP contribution in [0.25, 0.3) is 0 Å². The summed E-state index contributed by atoms with van der Waals surface area (Å²) in [6, 6.07) is 0. The summed E-state index contributed by atoms with van der Waals surface area (Å²) < 4.78 is 5.30. The number of nitrogens with one attached hydrogen (secondary N) is 1. The molecule has 0 bridgehead atoms. The zero-order valence-electron chi connectivity index (χ0n) is 15.2. The van der Waals surface area contributed by atoms with Crippen LogP contribution in [-0.2, 0) is 4.74 Å². The number of rotatable bonds is 7. The van der Waals surface area contributed by atoms with Crippen molar-refractivity contribution < 1.29 is 4.74 Å². The molecule has 0 amide bonds. The summed E-state index contributed by atoms with van der Waals surface area (Å²) in [5.74, 6) is 1.75. The number of methoxy groups -OCH3 is 1. The fourth-order valence-corrected chi connectivity index (χ4v) is 3.66. The first-order valence-corrected chi connectivity index (χ1v) is 9.58. The summed E-state index contributed by atoms with van der Waals surface area (Å²) in [7, 11) is 1.80. The Balaban J connectivity index is 1.72. The molecule has 5 nitrogen and oxygen atoms in total. The van der Waals surface area contributed by atoms with Crippen LogP contribution in [0.2, 0.25) is 0 Å². The van der Waals surface area contributed by atoms with Gasteiger partial charge in [0, 0.05) is 39.2 Å². The number of nitrogens with zero attached hydrogens (tertiary/aromatic N) is 3. The molecule has 2 fully saturated rings. The van der Waals surface area contributed by atoms with Gasteiger partial charge in [-0.2, -0.15) is 0 Å². The highest BCUT2D eigenvalue weighted by molar-refractivity contribution is 5.80. The standard InChI is InChI=1S/C18H36N4O/c1-3-19-18(22-14-9-17(15-22)16-23-2)20-10-8-13-21-11-6-4-5-7-12-21/h17H,3-16H2,1-2H3,(H,19,20). The van der Waals surface area contributed by atoms with Crippen LogP contribution in [0, 0.1) is 5.92 Å². The lowest BCUT2D eigenvalue weighted by Gasteiger charge is -2.22. The molecule has 2 saturated heterocycles. The van der Waals surface area contributed by atoms with Gasteiger partial charge in [0.2, 0.25) is 0 Å². The molecule has 0 aromatic rings. The van der Waals surface area contributed by atoms with E-state index < -0.39 is 0 Å². The number of ether oxygens (including phenoxy) is 1. The van der Waals surface area contributed by atoms with E-state index in [0.29, 0.717) is 5.92 Å². The van der Waals surface area contributed by atoms with Gasteiger partial charge < -0.3 is 19.9 Å². The Labute approximate surface area is 142 Å². The summed E-state index contributed by atoms with van der Waals surface area (Å²) in [6.07, 6.45) is 7.96. The van der Waals surface area contributed by atoms with Crippen LogP contribution < -0.4 is 5.32 Å². The van der Waals surface area contributed by atoms with Gasteiger partial charge in [-0.25, -0.2) is 0 Å². The number of likely N-dealkylation sites (tertiary alicyclic amines) is 2. The van der Waals surface area contributed by atoms with Gasteiger partial charge >= 0.3 is 0 Å². The first-order chi connectivity index (χ1) is 11.3. The minimum atomic E-state index is 0.654. The van der Waals surface area contributed by atoms with Crippen molar-refractivity contribution >= 4 is 5.96 Å². The zero-order chi connectivity index (χ0) is 16.3. The van der Waals surface area contributed by atoms with Crippen LogP contribution in [0.4, 0.5) is 0 Å². The van der Waals surface area contributed by atoms with Gasteiger partial charge in [-0.1, -0.05) is 12.8 Å². The Bertz CT molecular complexity index is 340. The van der Waals surface area contributed by atoms with Gasteiger partial charge in [-0.05, 0) is 52.2 Å². The Hall–Kier alpha value is -0.810. The molecule has 2 heterocycles. The maximum absolute atomic E-state index is 5.30. The minimum Gasteiger partial charge on any atom is -0.384 e. The van der Waals surface area contributed by atoms with Crippen molar-refractivity contribution in [1.29, 1.82) is 0 Å². The van der Waals surface area contributed by atoms with Gasteiger partial charge in [0.25, 0.3) is 0 Å². The molecule has 1 unspecified atom stereocenters. The molecular formula is C18H36N4O. The van der Waals surface area contributed by atoms with Gasteiger partial charge in [-0.15, -0.1) is 0 Å². The molecule has 0 saturated carbocycles. The lowest BCUT2D eigenvalue weighted by atomic mass is 10.1. The highest BCUT2D eigenvalue weighted by Crippen LogP contribution is 2.16. The number of aliphatic imine (C=N–C) groups is 1. The van der Waals surface area contributed by atoms with Crippen LogP contribution in [0.3, 0.4) is 0 Å². The Morgan fingerprint density at radius 1 is 1.17 bits per heavy atom. The molecule has 23 heavy (non-hydrogen) atoms. The molecule has 0 aromatic carbocycles. The highest BCUT2D eigenvalue weighted by atomic mass is 16.5. The van der Waals surface area contributed by atoms with Crippen molar-refractivity contribution in [3.8, 4) is 0 Å². The van der Waals surface area contributed by atoms with Gasteiger partial charge in [0.15, 0.2) is 5.96 Å². The van der Waals surface area contributed by atoms with E-state index in [4.69, 9.17) is 9.73 Å². The highest BCUT2D eigenvalue weighted by Gasteiger charge is 2.24. The first kappa shape index (κ1) is 18.5. The van der Waals surface area contributed by atoms with E-state index in [2.05, 4.69) is 22.0 Å². The largest absolute Gasteiger partial charge is 0.384 e. The summed E-state index contributed by atoms with van der Waals surface area (Å²) >= 11 is 0. The molecule has 0 spiro atoms. The zero-order valence-corrected chi connectivity index (χ0v) is 15.2. The monoisotopic (exact) mass is 324 g/mol. The van der Waals surface area contributed by atoms with Crippen molar-refractivity contribution in [2.75, 3.05) is 59.5 Å². The third-order valence-corrected chi connectivity index (χ3v) is 4.92. The predicted octanol–water partition coefficient (Wildman–Crippen LogP) is 2.19. The van der Waals surface area contributed by atoms with Crippen molar-refractivity contribution in [3.05, 3.63) is 0 Å². The normalized spacial score (nSPS) is 24.0. The third-order valence-electron chi connectivity index (χ3n) is 4.92. The first-order valence-electron chi connectivity index (χ1n) is 9.58. The molecular weight excluding hydrogens is 288 g/mol. The molecule has 1 atom stereocenters. The summed E-state index contributed by atoms with van der Waals surface area (Å²) in [5, 5.41) is 3.46. The predicted molar refractivity (Wildman–Crippen MR) is 97.1 cm³/mol. The number of hydrogen-bond acceptors (Lipinski definition) is 3. The molecule has 5 heteroatoms. The second kappa shape index (κ2) is 10.9. The second-order valence-corrected chi connectivity index (χ2v) is 6.90. The minimum absolute atomic E-state index is 0.654. The van der Waals surface area contributed by atoms with Gasteiger partial charge in [0.1, 0.15) is 0 Å². The molecule has 1 N–H and O–H groups in total. The fourth-order valence-electron chi connectivity index (χ4n) is 3.66. The van der Waals surface area contributed by atoms with E-state index in [1.807, 2.05) is 0 Å². The van der Waals surface area contributed by atoms with Crippen molar-refractivity contribution in [1.82, 2.24) is 15.1 Å². The number of guanidine groups is 1. The molecule has 0 radical (unpaired) electrons.